The topological polar surface area (TPSA) is 29.3 Å². The van der Waals surface area contributed by atoms with E-state index in [0.717, 1.165) is 12.6 Å². The molecule has 2 nitrogen and oxygen atoms in total. The first-order valence-corrected chi connectivity index (χ1v) is 6.13. The monoisotopic (exact) mass is 198 g/mol. The highest BCUT2D eigenvalue weighted by atomic mass is 15.2. The van der Waals surface area contributed by atoms with Crippen molar-refractivity contribution >= 4 is 0 Å². The van der Waals surface area contributed by atoms with Crippen LogP contribution < -0.4 is 5.73 Å². The first-order valence-electron chi connectivity index (χ1n) is 6.13. The summed E-state index contributed by atoms with van der Waals surface area (Å²) in [4.78, 5) is 2.57. The number of nitrogens with zero attached hydrogens (tertiary/aromatic N) is 1. The Morgan fingerprint density at radius 3 is 2.07 bits per heavy atom. The van der Waals surface area contributed by atoms with E-state index in [-0.39, 0.29) is 5.54 Å². The molecule has 0 heterocycles. The number of rotatable bonds is 5. The summed E-state index contributed by atoms with van der Waals surface area (Å²) in [6.07, 6.45) is 7.91. The molecule has 1 aliphatic carbocycles. The van der Waals surface area contributed by atoms with Crippen LogP contribution >= 0.6 is 0 Å². The molecule has 14 heavy (non-hydrogen) atoms. The molecule has 0 aliphatic heterocycles. The van der Waals surface area contributed by atoms with Gasteiger partial charge in [-0.2, -0.15) is 0 Å². The Bertz CT molecular complexity index is 149. The Kier molecular flexibility index (Phi) is 4.39. The quantitative estimate of drug-likeness (QED) is 0.735. The Hall–Kier alpha value is -0.0800. The van der Waals surface area contributed by atoms with Gasteiger partial charge in [0.1, 0.15) is 0 Å². The summed E-state index contributed by atoms with van der Waals surface area (Å²) in [6, 6.07) is 0.790. The minimum Gasteiger partial charge on any atom is -0.329 e. The summed E-state index contributed by atoms with van der Waals surface area (Å²) in [6.45, 7) is 5.33. The SMILES string of the molecule is CCC(CC)(CN)N(C)C1CCCC1. The summed E-state index contributed by atoms with van der Waals surface area (Å²) < 4.78 is 0. The summed E-state index contributed by atoms with van der Waals surface area (Å²) in [5.74, 6) is 0. The third-order valence-corrected chi connectivity index (χ3v) is 4.32. The van der Waals surface area contributed by atoms with Crippen LogP contribution in [0.4, 0.5) is 0 Å². The van der Waals surface area contributed by atoms with Crippen LogP contribution in [-0.4, -0.2) is 30.1 Å². The van der Waals surface area contributed by atoms with Crippen molar-refractivity contribution < 1.29 is 0 Å². The third-order valence-electron chi connectivity index (χ3n) is 4.32. The molecule has 0 atom stereocenters. The molecular formula is C12H26N2. The van der Waals surface area contributed by atoms with E-state index >= 15 is 0 Å². The van der Waals surface area contributed by atoms with Crippen LogP contribution in [0.15, 0.2) is 0 Å². The molecule has 0 bridgehead atoms. The fourth-order valence-corrected chi connectivity index (χ4v) is 2.86. The predicted octanol–water partition coefficient (Wildman–Crippen LogP) is 2.38. The van der Waals surface area contributed by atoms with Crippen LogP contribution in [0.5, 0.6) is 0 Å². The molecule has 2 heteroatoms. The standard InChI is InChI=1S/C12H26N2/c1-4-12(5-2,10-13)14(3)11-8-6-7-9-11/h11H,4-10,13H2,1-3H3. The van der Waals surface area contributed by atoms with Gasteiger partial charge in [0.25, 0.3) is 0 Å². The van der Waals surface area contributed by atoms with Gasteiger partial charge in [0.15, 0.2) is 0 Å². The molecule has 0 aromatic heterocycles. The van der Waals surface area contributed by atoms with Crippen LogP contribution in [-0.2, 0) is 0 Å². The zero-order valence-electron chi connectivity index (χ0n) is 10.1. The van der Waals surface area contributed by atoms with Crippen molar-refractivity contribution in [3.05, 3.63) is 0 Å². The smallest absolute Gasteiger partial charge is 0.0326 e. The Labute approximate surface area is 88.8 Å². The van der Waals surface area contributed by atoms with E-state index in [2.05, 4.69) is 25.8 Å². The van der Waals surface area contributed by atoms with E-state index in [0.29, 0.717) is 0 Å². The maximum Gasteiger partial charge on any atom is 0.0326 e. The maximum absolute atomic E-state index is 5.96. The van der Waals surface area contributed by atoms with Gasteiger partial charge in [0.05, 0.1) is 0 Å². The molecule has 1 saturated carbocycles. The summed E-state index contributed by atoms with van der Waals surface area (Å²) in [5, 5.41) is 0. The van der Waals surface area contributed by atoms with Gasteiger partial charge in [0, 0.05) is 18.1 Å². The van der Waals surface area contributed by atoms with Crippen molar-refractivity contribution in [2.45, 2.75) is 64.0 Å². The Balaban J connectivity index is 2.65. The van der Waals surface area contributed by atoms with Crippen LogP contribution in [0.25, 0.3) is 0 Å². The molecule has 1 rings (SSSR count). The number of hydrogen-bond donors (Lipinski definition) is 1. The lowest BCUT2D eigenvalue weighted by Crippen LogP contribution is -2.54. The van der Waals surface area contributed by atoms with Gasteiger partial charge in [-0.25, -0.2) is 0 Å². The fraction of sp³-hybridized carbons (Fsp3) is 1.00. The lowest BCUT2D eigenvalue weighted by molar-refractivity contribution is 0.0712. The predicted molar refractivity (Wildman–Crippen MR) is 62.4 cm³/mol. The second kappa shape index (κ2) is 5.13. The van der Waals surface area contributed by atoms with Crippen molar-refractivity contribution in [2.75, 3.05) is 13.6 Å². The number of nitrogens with two attached hydrogens (primary N) is 1. The molecule has 1 aliphatic rings. The van der Waals surface area contributed by atoms with E-state index in [4.69, 9.17) is 5.73 Å². The highest BCUT2D eigenvalue weighted by Crippen LogP contribution is 2.31. The van der Waals surface area contributed by atoms with Gasteiger partial charge in [-0.05, 0) is 32.7 Å². The first-order chi connectivity index (χ1) is 6.70. The second-order valence-corrected chi connectivity index (χ2v) is 4.68. The molecule has 84 valence electrons. The molecule has 2 N–H and O–H groups in total. The van der Waals surface area contributed by atoms with E-state index < -0.39 is 0 Å². The van der Waals surface area contributed by atoms with Crippen LogP contribution in [0.1, 0.15) is 52.4 Å². The molecule has 0 unspecified atom stereocenters. The van der Waals surface area contributed by atoms with Crippen molar-refractivity contribution in [1.29, 1.82) is 0 Å². The fourth-order valence-electron chi connectivity index (χ4n) is 2.86. The van der Waals surface area contributed by atoms with Gasteiger partial charge in [-0.15, -0.1) is 0 Å². The maximum atomic E-state index is 5.96. The number of likely N-dealkylation sites (N-methyl/N-ethyl adjacent to an activating group) is 1. The van der Waals surface area contributed by atoms with Gasteiger partial charge in [-0.1, -0.05) is 26.7 Å². The lowest BCUT2D eigenvalue weighted by atomic mass is 9.89. The molecule has 0 radical (unpaired) electrons. The van der Waals surface area contributed by atoms with E-state index in [9.17, 15) is 0 Å². The molecule has 0 saturated heterocycles. The van der Waals surface area contributed by atoms with Crippen LogP contribution in [0.3, 0.4) is 0 Å². The molecule has 1 fully saturated rings. The Morgan fingerprint density at radius 1 is 1.21 bits per heavy atom. The zero-order valence-corrected chi connectivity index (χ0v) is 10.1. The molecular weight excluding hydrogens is 172 g/mol. The minimum atomic E-state index is 0.259. The average molecular weight is 198 g/mol. The molecule has 0 aromatic rings. The van der Waals surface area contributed by atoms with Gasteiger partial charge >= 0.3 is 0 Å². The van der Waals surface area contributed by atoms with E-state index in [1.54, 1.807) is 0 Å². The van der Waals surface area contributed by atoms with E-state index in [1.165, 1.54) is 38.5 Å². The first kappa shape index (κ1) is 12.0. The van der Waals surface area contributed by atoms with Crippen LogP contribution in [0.2, 0.25) is 0 Å². The highest BCUT2D eigenvalue weighted by Gasteiger charge is 2.34. The molecule has 0 aromatic carbocycles. The van der Waals surface area contributed by atoms with Crippen molar-refractivity contribution in [3.8, 4) is 0 Å². The molecule has 0 spiro atoms. The lowest BCUT2D eigenvalue weighted by Gasteiger charge is -2.43. The average Bonchev–Trinajstić information content (AvgIpc) is 2.74. The van der Waals surface area contributed by atoms with E-state index in [1.807, 2.05) is 0 Å². The van der Waals surface area contributed by atoms with Gasteiger partial charge in [-0.3, -0.25) is 4.90 Å². The zero-order chi connectivity index (χ0) is 10.6. The molecule has 0 amide bonds. The largest absolute Gasteiger partial charge is 0.329 e. The van der Waals surface area contributed by atoms with Gasteiger partial charge < -0.3 is 5.73 Å². The normalized spacial score (nSPS) is 19.5. The summed E-state index contributed by atoms with van der Waals surface area (Å²) >= 11 is 0. The summed E-state index contributed by atoms with van der Waals surface area (Å²) in [5.41, 5.74) is 6.21. The minimum absolute atomic E-state index is 0.259. The van der Waals surface area contributed by atoms with Crippen molar-refractivity contribution in [3.63, 3.8) is 0 Å². The van der Waals surface area contributed by atoms with Crippen LogP contribution in [0, 0.1) is 0 Å². The number of hydrogen-bond acceptors (Lipinski definition) is 2. The summed E-state index contributed by atoms with van der Waals surface area (Å²) in [7, 11) is 2.27. The second-order valence-electron chi connectivity index (χ2n) is 4.68. The highest BCUT2D eigenvalue weighted by molar-refractivity contribution is 4.92. The third kappa shape index (κ3) is 2.12. The van der Waals surface area contributed by atoms with Gasteiger partial charge in [0.2, 0.25) is 0 Å². The van der Waals surface area contributed by atoms with Crippen molar-refractivity contribution in [1.82, 2.24) is 4.90 Å². The Morgan fingerprint density at radius 2 is 1.71 bits per heavy atom. The van der Waals surface area contributed by atoms with Crippen molar-refractivity contribution in [2.24, 2.45) is 5.73 Å².